The third kappa shape index (κ3) is 2.75. The summed E-state index contributed by atoms with van der Waals surface area (Å²) >= 11 is 1.65. The van der Waals surface area contributed by atoms with E-state index in [2.05, 4.69) is 33.8 Å². The summed E-state index contributed by atoms with van der Waals surface area (Å²) in [5.41, 5.74) is 0. The van der Waals surface area contributed by atoms with Gasteiger partial charge in [0, 0.05) is 31.7 Å². The van der Waals surface area contributed by atoms with Crippen LogP contribution in [0, 0.1) is 6.92 Å². The van der Waals surface area contributed by atoms with E-state index in [0.29, 0.717) is 12.1 Å². The van der Waals surface area contributed by atoms with E-state index < -0.39 is 0 Å². The summed E-state index contributed by atoms with van der Waals surface area (Å²) in [7, 11) is 0. The molecule has 2 atom stereocenters. The van der Waals surface area contributed by atoms with Gasteiger partial charge in [-0.1, -0.05) is 11.3 Å². The molecule has 1 fully saturated rings. The summed E-state index contributed by atoms with van der Waals surface area (Å²) in [6, 6.07) is 0.880. The monoisotopic (exact) mass is 256 g/mol. The van der Waals surface area contributed by atoms with Gasteiger partial charge >= 0.3 is 0 Å². The van der Waals surface area contributed by atoms with Crippen molar-refractivity contribution in [2.75, 3.05) is 31.1 Å². The molecule has 0 radical (unpaired) electrons. The highest BCUT2D eigenvalue weighted by molar-refractivity contribution is 7.15. The van der Waals surface area contributed by atoms with E-state index in [1.807, 2.05) is 6.92 Å². The number of aliphatic hydroxyl groups excluding tert-OH is 1. The Morgan fingerprint density at radius 3 is 2.41 bits per heavy atom. The Labute approximate surface area is 106 Å². The highest BCUT2D eigenvalue weighted by atomic mass is 32.1. The minimum Gasteiger partial charge on any atom is -0.395 e. The van der Waals surface area contributed by atoms with Gasteiger partial charge in [0.1, 0.15) is 5.01 Å². The minimum absolute atomic E-state index is 0.229. The van der Waals surface area contributed by atoms with Crippen LogP contribution in [0.15, 0.2) is 0 Å². The number of hydrogen-bond donors (Lipinski definition) is 1. The standard InChI is InChI=1S/C11H20N4OS/c1-8-6-14(11-13-12-10(3)17-11)7-9(2)15(8)4-5-16/h8-9,16H,4-7H2,1-3H3/t8-,9+. The van der Waals surface area contributed by atoms with Gasteiger partial charge in [0.05, 0.1) is 6.61 Å². The molecule has 1 aliphatic heterocycles. The number of piperazine rings is 1. The lowest BCUT2D eigenvalue weighted by Crippen LogP contribution is -2.57. The topological polar surface area (TPSA) is 52.5 Å². The number of β-amino-alcohol motifs (C(OH)–C–C–N with tert-alkyl or cyclic N) is 1. The fraction of sp³-hybridized carbons (Fsp3) is 0.818. The van der Waals surface area contributed by atoms with Crippen LogP contribution in [-0.2, 0) is 0 Å². The summed E-state index contributed by atoms with van der Waals surface area (Å²) in [6.07, 6.45) is 0. The number of aryl methyl sites for hydroxylation is 1. The molecule has 96 valence electrons. The van der Waals surface area contributed by atoms with Gasteiger partial charge in [-0.3, -0.25) is 4.90 Å². The first-order chi connectivity index (χ1) is 8.11. The van der Waals surface area contributed by atoms with E-state index in [1.54, 1.807) is 11.3 Å². The largest absolute Gasteiger partial charge is 0.395 e. The first-order valence-electron chi connectivity index (χ1n) is 6.03. The molecule has 0 bridgehead atoms. The van der Waals surface area contributed by atoms with Gasteiger partial charge in [-0.25, -0.2) is 0 Å². The van der Waals surface area contributed by atoms with Crippen molar-refractivity contribution < 1.29 is 5.11 Å². The van der Waals surface area contributed by atoms with Gasteiger partial charge in [0.15, 0.2) is 0 Å². The van der Waals surface area contributed by atoms with Gasteiger partial charge in [-0.15, -0.1) is 10.2 Å². The van der Waals surface area contributed by atoms with E-state index in [-0.39, 0.29) is 6.61 Å². The van der Waals surface area contributed by atoms with Crippen LogP contribution in [0.5, 0.6) is 0 Å². The van der Waals surface area contributed by atoms with Crippen LogP contribution >= 0.6 is 11.3 Å². The number of rotatable bonds is 3. The highest BCUT2D eigenvalue weighted by Crippen LogP contribution is 2.24. The molecule has 5 nitrogen and oxygen atoms in total. The zero-order valence-electron chi connectivity index (χ0n) is 10.6. The lowest BCUT2D eigenvalue weighted by molar-refractivity contribution is 0.103. The van der Waals surface area contributed by atoms with E-state index >= 15 is 0 Å². The number of anilines is 1. The normalized spacial score (nSPS) is 26.5. The van der Waals surface area contributed by atoms with Crippen molar-refractivity contribution in [2.24, 2.45) is 0 Å². The smallest absolute Gasteiger partial charge is 0.208 e. The van der Waals surface area contributed by atoms with Gasteiger partial charge in [-0.05, 0) is 20.8 Å². The van der Waals surface area contributed by atoms with Crippen LogP contribution in [0.4, 0.5) is 5.13 Å². The Balaban J connectivity index is 2.05. The lowest BCUT2D eigenvalue weighted by Gasteiger charge is -2.44. The molecule has 0 unspecified atom stereocenters. The Kier molecular flexibility index (Phi) is 3.96. The maximum Gasteiger partial charge on any atom is 0.208 e. The van der Waals surface area contributed by atoms with Crippen molar-refractivity contribution in [1.29, 1.82) is 0 Å². The summed E-state index contributed by atoms with van der Waals surface area (Å²) in [4.78, 5) is 4.65. The molecule has 6 heteroatoms. The van der Waals surface area contributed by atoms with E-state index in [1.165, 1.54) is 0 Å². The Bertz CT molecular complexity index is 358. The molecule has 2 rings (SSSR count). The molecule has 17 heavy (non-hydrogen) atoms. The second-order valence-electron chi connectivity index (χ2n) is 4.67. The number of aliphatic hydroxyl groups is 1. The fourth-order valence-corrected chi connectivity index (χ4v) is 3.19. The molecule has 0 saturated carbocycles. The van der Waals surface area contributed by atoms with Gasteiger partial charge < -0.3 is 10.0 Å². The van der Waals surface area contributed by atoms with E-state index in [0.717, 1.165) is 29.8 Å². The molecule has 2 heterocycles. The van der Waals surface area contributed by atoms with Crippen molar-refractivity contribution >= 4 is 16.5 Å². The SMILES string of the molecule is Cc1nnc(N2C[C@@H](C)N(CCO)[C@@H](C)C2)s1. The third-order valence-electron chi connectivity index (χ3n) is 3.25. The van der Waals surface area contributed by atoms with Crippen molar-refractivity contribution in [3.05, 3.63) is 5.01 Å². The lowest BCUT2D eigenvalue weighted by atomic mass is 10.1. The van der Waals surface area contributed by atoms with E-state index in [9.17, 15) is 0 Å². The first-order valence-corrected chi connectivity index (χ1v) is 6.85. The Morgan fingerprint density at radius 1 is 1.29 bits per heavy atom. The predicted molar refractivity (Wildman–Crippen MR) is 69.6 cm³/mol. The maximum absolute atomic E-state index is 9.06. The predicted octanol–water partition coefficient (Wildman–Crippen LogP) is 0.738. The van der Waals surface area contributed by atoms with Crippen molar-refractivity contribution in [3.8, 4) is 0 Å². The number of nitrogens with zero attached hydrogens (tertiary/aromatic N) is 4. The van der Waals surface area contributed by atoms with Gasteiger partial charge in [0.25, 0.3) is 0 Å². The van der Waals surface area contributed by atoms with Crippen LogP contribution in [0.25, 0.3) is 0 Å². The molecule has 0 spiro atoms. The van der Waals surface area contributed by atoms with Crippen LogP contribution in [0.1, 0.15) is 18.9 Å². The van der Waals surface area contributed by atoms with Crippen molar-refractivity contribution in [1.82, 2.24) is 15.1 Å². The third-order valence-corrected chi connectivity index (χ3v) is 4.15. The van der Waals surface area contributed by atoms with Gasteiger partial charge in [0.2, 0.25) is 5.13 Å². The van der Waals surface area contributed by atoms with Crippen molar-refractivity contribution in [3.63, 3.8) is 0 Å². The second-order valence-corrected chi connectivity index (χ2v) is 5.83. The first kappa shape index (κ1) is 12.7. The molecule has 0 aliphatic carbocycles. The highest BCUT2D eigenvalue weighted by Gasteiger charge is 2.30. The van der Waals surface area contributed by atoms with Crippen LogP contribution in [-0.4, -0.2) is 58.5 Å². The number of aromatic nitrogens is 2. The Morgan fingerprint density at radius 2 is 1.94 bits per heavy atom. The summed E-state index contributed by atoms with van der Waals surface area (Å²) < 4.78 is 0. The molecule has 0 amide bonds. The molecule has 0 aromatic carbocycles. The zero-order valence-corrected chi connectivity index (χ0v) is 11.4. The molecule has 1 saturated heterocycles. The quantitative estimate of drug-likeness (QED) is 0.864. The summed E-state index contributed by atoms with van der Waals surface area (Å²) in [5, 5.41) is 19.4. The number of hydrogen-bond acceptors (Lipinski definition) is 6. The molecule has 1 aliphatic rings. The average Bonchev–Trinajstić information content (AvgIpc) is 2.70. The van der Waals surface area contributed by atoms with Crippen LogP contribution in [0.2, 0.25) is 0 Å². The molecular weight excluding hydrogens is 236 g/mol. The molecule has 1 aromatic rings. The fourth-order valence-electron chi connectivity index (χ4n) is 2.48. The zero-order chi connectivity index (χ0) is 12.4. The van der Waals surface area contributed by atoms with E-state index in [4.69, 9.17) is 5.11 Å². The molecule has 1 aromatic heterocycles. The average molecular weight is 256 g/mol. The van der Waals surface area contributed by atoms with Gasteiger partial charge in [-0.2, -0.15) is 0 Å². The summed E-state index contributed by atoms with van der Waals surface area (Å²) in [5.74, 6) is 0. The molecule has 1 N–H and O–H groups in total. The summed E-state index contributed by atoms with van der Waals surface area (Å²) in [6.45, 7) is 9.28. The minimum atomic E-state index is 0.229. The Hall–Kier alpha value is -0.720. The molecular formula is C11H20N4OS. The second kappa shape index (κ2) is 5.29. The maximum atomic E-state index is 9.06. The van der Waals surface area contributed by atoms with Crippen LogP contribution in [0.3, 0.4) is 0 Å². The van der Waals surface area contributed by atoms with Crippen molar-refractivity contribution in [2.45, 2.75) is 32.9 Å². The van der Waals surface area contributed by atoms with Crippen LogP contribution < -0.4 is 4.90 Å².